The van der Waals surface area contributed by atoms with Gasteiger partial charge in [0.15, 0.2) is 0 Å². The molecule has 10 heterocycles. The Morgan fingerprint density at radius 3 is 1.46 bits per heavy atom. The number of fused-ring (bicyclic) bond motifs is 8. The van der Waals surface area contributed by atoms with E-state index in [1.807, 2.05) is 52.0 Å². The Hall–Kier alpha value is -9.84. The number of carbonyl (C=O) groups is 2. The van der Waals surface area contributed by atoms with Crippen molar-refractivity contribution in [3.63, 3.8) is 0 Å². The number of hydrogen-bond donors (Lipinski definition) is 5. The van der Waals surface area contributed by atoms with E-state index in [1.165, 1.54) is 50.2 Å². The number of nitrogens with two attached hydrogens (primary N) is 1. The molecule has 21 nitrogen and oxygen atoms in total. The van der Waals surface area contributed by atoms with Crippen molar-refractivity contribution in [1.29, 1.82) is 0 Å². The molecule has 2 fully saturated rings. The molecule has 8 aromatic heterocycles. The van der Waals surface area contributed by atoms with E-state index in [4.69, 9.17) is 34.2 Å². The van der Waals surface area contributed by atoms with Crippen molar-refractivity contribution in [3.05, 3.63) is 131 Å². The zero-order valence-electron chi connectivity index (χ0n) is 52.3. The van der Waals surface area contributed by atoms with E-state index in [2.05, 4.69) is 83.0 Å². The number of hydrogen-bond acceptors (Lipinski definition) is 17. The Balaban J connectivity index is 0.000000155. The van der Waals surface area contributed by atoms with E-state index >= 15 is 0 Å². The molecule has 2 aliphatic rings. The zero-order chi connectivity index (χ0) is 64.1. The van der Waals surface area contributed by atoms with Crippen LogP contribution >= 0.6 is 0 Å². The monoisotopic (exact) mass is 1230 g/mol. The number of rotatable bonds is 11. The van der Waals surface area contributed by atoms with E-state index in [-0.39, 0.29) is 23.6 Å². The molecule has 0 unspecified atom stereocenters. The van der Waals surface area contributed by atoms with Gasteiger partial charge in [0.1, 0.15) is 45.9 Å². The van der Waals surface area contributed by atoms with Crippen molar-refractivity contribution < 1.29 is 42.0 Å². The summed E-state index contributed by atoms with van der Waals surface area (Å²) < 4.78 is 51.1. The van der Waals surface area contributed by atoms with Crippen LogP contribution in [-0.2, 0) is 0 Å². The first-order valence-corrected chi connectivity index (χ1v) is 30.3. The van der Waals surface area contributed by atoms with Crippen molar-refractivity contribution in [2.75, 3.05) is 40.4 Å². The molecule has 0 aliphatic carbocycles. The predicted molar refractivity (Wildman–Crippen MR) is 345 cm³/mol. The summed E-state index contributed by atoms with van der Waals surface area (Å²) in [5.74, 6) is -0.319. The lowest BCUT2D eigenvalue weighted by atomic mass is 9.99. The summed E-state index contributed by atoms with van der Waals surface area (Å²) in [5, 5.41) is 24.9. The number of ether oxygens (including phenoxy) is 2. The van der Waals surface area contributed by atoms with Gasteiger partial charge in [-0.15, -0.1) is 0 Å². The van der Waals surface area contributed by atoms with Crippen molar-refractivity contribution >= 4 is 77.6 Å². The van der Waals surface area contributed by atoms with Crippen LogP contribution < -0.4 is 20.5 Å². The maximum absolute atomic E-state index is 14.6. The minimum absolute atomic E-state index is 0.0238. The first-order chi connectivity index (χ1) is 43.8. The third-order valence-electron chi connectivity index (χ3n) is 17.4. The van der Waals surface area contributed by atoms with Crippen LogP contribution in [-0.4, -0.2) is 142 Å². The largest absolute Gasteiger partial charge is 0.496 e. The average molecular weight is 1230 g/mol. The smallest absolute Gasteiger partial charge is 0.374 e. The number of carboxylic acid groups (broad SMARTS) is 1. The van der Waals surface area contributed by atoms with Gasteiger partial charge in [-0.2, -0.15) is 0 Å². The molecule has 2 aliphatic heterocycles. The number of carboxylic acids is 1. The molecule has 1 amide bonds. The fourth-order valence-electron chi connectivity index (χ4n) is 12.6. The Morgan fingerprint density at radius 1 is 0.604 bits per heavy atom. The molecule has 91 heavy (non-hydrogen) atoms. The SMILES string of the molecule is CC(C)N1CCC(N)CC1.COc1cc2c(cc1-c1c(C)noc1C)[nH]c1nc(C(=O)NC3CCN(C(C)C)CC3)nc(-c3ccnc4ccc(F)cc34)c12.COc1cc2c(cc1-c1c(C)noc1C)[nH]c1nc(C(=O)O)nc(-c3ccnc4ccc(F)cc34)c12. The summed E-state index contributed by atoms with van der Waals surface area (Å²) in [5.41, 5.74) is 15.9. The summed E-state index contributed by atoms with van der Waals surface area (Å²) in [6, 6.07) is 21.5. The third-order valence-corrected chi connectivity index (χ3v) is 17.4. The number of carbonyl (C=O) groups excluding carboxylic acids is 1. The molecule has 2 saturated heterocycles. The lowest BCUT2D eigenvalue weighted by Crippen LogP contribution is -2.46. The number of aromatic carboxylic acids is 1. The van der Waals surface area contributed by atoms with Crippen LogP contribution in [0, 0.1) is 39.3 Å². The van der Waals surface area contributed by atoms with Crippen LogP contribution in [0.2, 0.25) is 0 Å². The van der Waals surface area contributed by atoms with Crippen molar-refractivity contribution in [3.8, 4) is 56.3 Å². The third kappa shape index (κ3) is 12.0. The summed E-state index contributed by atoms with van der Waals surface area (Å²) in [6.45, 7) is 20.5. The molecule has 0 saturated carbocycles. The summed E-state index contributed by atoms with van der Waals surface area (Å²) in [4.78, 5) is 64.1. The molecule has 0 atom stereocenters. The highest BCUT2D eigenvalue weighted by Gasteiger charge is 2.29. The molecule has 0 bridgehead atoms. The Labute approximate surface area is 521 Å². The summed E-state index contributed by atoms with van der Waals surface area (Å²) in [7, 11) is 3.18. The van der Waals surface area contributed by atoms with Gasteiger partial charge in [-0.25, -0.2) is 33.5 Å². The predicted octanol–water partition coefficient (Wildman–Crippen LogP) is 12.6. The van der Waals surface area contributed by atoms with E-state index in [1.54, 1.807) is 50.9 Å². The van der Waals surface area contributed by atoms with Gasteiger partial charge in [0.2, 0.25) is 11.6 Å². The van der Waals surface area contributed by atoms with Crippen LogP contribution in [0.3, 0.4) is 0 Å². The topological polar surface area (TPSA) is 278 Å². The van der Waals surface area contributed by atoms with Crippen molar-refractivity contribution in [2.24, 2.45) is 5.73 Å². The molecule has 6 N–H and O–H groups in total. The number of pyridine rings is 2. The Kier molecular flexibility index (Phi) is 17.0. The van der Waals surface area contributed by atoms with Gasteiger partial charge in [-0.05, 0) is 167 Å². The number of piperidine rings is 2. The molecule has 468 valence electrons. The minimum Gasteiger partial charge on any atom is -0.496 e. The Morgan fingerprint density at radius 2 is 1.04 bits per heavy atom. The van der Waals surface area contributed by atoms with Crippen LogP contribution in [0.5, 0.6) is 11.5 Å². The quantitative estimate of drug-likeness (QED) is 0.0805. The first-order valence-electron chi connectivity index (χ1n) is 30.3. The van der Waals surface area contributed by atoms with E-state index in [0.29, 0.717) is 124 Å². The Bertz CT molecular complexity index is 4730. The molecular formula is C68H70F2N14O7. The van der Waals surface area contributed by atoms with Gasteiger partial charge < -0.3 is 54.4 Å². The average Bonchev–Trinajstić information content (AvgIpc) is 1.64. The lowest BCUT2D eigenvalue weighted by molar-refractivity contribution is 0.0683. The minimum atomic E-state index is -1.28. The normalized spacial score (nSPS) is 14.5. The molecule has 12 aromatic rings. The number of methoxy groups -OCH3 is 2. The van der Waals surface area contributed by atoms with E-state index in [9.17, 15) is 23.5 Å². The second-order valence-electron chi connectivity index (χ2n) is 23.8. The van der Waals surface area contributed by atoms with Crippen LogP contribution in [0.15, 0.2) is 94.2 Å². The number of aromatic nitrogens is 10. The number of benzene rings is 4. The number of nitrogens with zero attached hydrogens (tertiary/aromatic N) is 10. The van der Waals surface area contributed by atoms with Crippen molar-refractivity contribution in [2.45, 2.75) is 105 Å². The van der Waals surface area contributed by atoms with E-state index in [0.717, 1.165) is 64.8 Å². The zero-order valence-corrected chi connectivity index (χ0v) is 52.3. The van der Waals surface area contributed by atoms with Crippen LogP contribution in [0.4, 0.5) is 8.78 Å². The highest BCUT2D eigenvalue weighted by molar-refractivity contribution is 6.18. The maximum atomic E-state index is 14.6. The molecular weight excluding hydrogens is 1160 g/mol. The number of likely N-dealkylation sites (tertiary alicyclic amines) is 2. The molecule has 4 aromatic carbocycles. The number of halogens is 2. The van der Waals surface area contributed by atoms with Gasteiger partial charge in [-0.3, -0.25) is 14.8 Å². The van der Waals surface area contributed by atoms with Crippen LogP contribution in [0.1, 0.15) is 97.5 Å². The lowest BCUT2D eigenvalue weighted by Gasteiger charge is -2.34. The highest BCUT2D eigenvalue weighted by Crippen LogP contribution is 2.45. The number of aromatic amines is 2. The number of nitrogens with one attached hydrogen (secondary N) is 3. The van der Waals surface area contributed by atoms with Crippen LogP contribution in [0.25, 0.3) is 110 Å². The van der Waals surface area contributed by atoms with Gasteiger partial charge >= 0.3 is 5.97 Å². The molecule has 14 rings (SSSR count). The second-order valence-corrected chi connectivity index (χ2v) is 23.8. The number of H-pyrrole nitrogens is 2. The maximum Gasteiger partial charge on any atom is 0.374 e. The standard InChI is InChI=1S/C34H34FN7O3.C26H18FN5O4.C8H18N2/c1-17(2)42-12-9-21(10-13-42)37-34(43)33-39-31(22-8-11-36-26-7-6-20(35)14-23(22)26)30-24-16-28(44-5)25(15-27(24)38-32(30)40-33)29-18(3)41-45-19(29)4;1-11-21(12(2)36-32-11)17-9-19-16(10-20(17)35-3)22-23(30-25(26(33)34)31-24(22)29-19)14-6-7-28-18-5-4-13(27)8-15(14)18;1-7(2)10-5-3-8(9)4-6-10/h6-8,11,14-17,21H,9-10,12-13H2,1-5H3,(H,37,43)(H,38,39,40);4-10H,1-3H3,(H,33,34)(H,29,30,31);7-8H,3-6,9H2,1-2H3. The van der Waals surface area contributed by atoms with Crippen molar-refractivity contribution in [1.82, 2.24) is 65.3 Å². The molecule has 0 spiro atoms. The summed E-state index contributed by atoms with van der Waals surface area (Å²) >= 11 is 0. The fourth-order valence-corrected chi connectivity index (χ4v) is 12.6. The van der Waals surface area contributed by atoms with E-state index < -0.39 is 17.6 Å². The van der Waals surface area contributed by atoms with Gasteiger partial charge in [0.05, 0.1) is 69.9 Å². The fraction of sp³-hybridized carbons (Fsp3) is 0.324. The van der Waals surface area contributed by atoms with Gasteiger partial charge in [-0.1, -0.05) is 10.3 Å². The number of aryl methyl sites for hydroxylation is 4. The number of amides is 1. The van der Waals surface area contributed by atoms with Gasteiger partial charge in [0.25, 0.3) is 5.91 Å². The summed E-state index contributed by atoms with van der Waals surface area (Å²) in [6.07, 6.45) is 7.30. The highest BCUT2D eigenvalue weighted by atomic mass is 19.1. The van der Waals surface area contributed by atoms with Gasteiger partial charge in [0, 0.05) is 104 Å². The second kappa shape index (κ2) is 25.2. The first kappa shape index (κ1) is 61.4. The molecule has 0 radical (unpaired) electrons. The molecule has 23 heteroatoms.